The molecule has 0 saturated carbocycles. The molecule has 0 amide bonds. The molecule has 1 aromatic carbocycles. The lowest BCUT2D eigenvalue weighted by Crippen LogP contribution is -2.36. The van der Waals surface area contributed by atoms with Crippen molar-refractivity contribution in [2.45, 2.75) is 12.8 Å². The average molecular weight is 310 g/mol. The van der Waals surface area contributed by atoms with E-state index in [0.717, 1.165) is 26.1 Å². The van der Waals surface area contributed by atoms with Crippen LogP contribution in [0.15, 0.2) is 18.2 Å². The third kappa shape index (κ3) is 4.68. The molecule has 8 nitrogen and oxygen atoms in total. The summed E-state index contributed by atoms with van der Waals surface area (Å²) in [5.74, 6) is 0.153. The molecule has 1 saturated heterocycles. The standard InChI is InChI=1S/C14H18N2O6/c17-14(18)22-13-4-3-12(16(19)20)10-11(13)2-1-5-15-6-8-21-9-7-15/h3-4,10H,1-2,5-9H2,(H,17,18). The van der Waals surface area contributed by atoms with E-state index in [-0.39, 0.29) is 11.4 Å². The Balaban J connectivity index is 2.00. The summed E-state index contributed by atoms with van der Waals surface area (Å²) in [5, 5.41) is 19.6. The summed E-state index contributed by atoms with van der Waals surface area (Å²) in [6, 6.07) is 3.94. The summed E-state index contributed by atoms with van der Waals surface area (Å²) < 4.78 is 9.95. The van der Waals surface area contributed by atoms with E-state index >= 15 is 0 Å². The second-order valence-corrected chi connectivity index (χ2v) is 4.97. The molecule has 22 heavy (non-hydrogen) atoms. The number of carbonyl (C=O) groups is 1. The monoisotopic (exact) mass is 310 g/mol. The molecule has 0 bridgehead atoms. The van der Waals surface area contributed by atoms with Gasteiger partial charge in [-0.3, -0.25) is 15.0 Å². The van der Waals surface area contributed by atoms with E-state index < -0.39 is 11.1 Å². The number of hydrogen-bond acceptors (Lipinski definition) is 6. The molecule has 2 rings (SSSR count). The molecule has 120 valence electrons. The first-order valence-electron chi connectivity index (χ1n) is 7.04. The third-order valence-corrected chi connectivity index (χ3v) is 3.48. The van der Waals surface area contributed by atoms with E-state index in [0.29, 0.717) is 25.2 Å². The van der Waals surface area contributed by atoms with Crippen LogP contribution in [0.4, 0.5) is 10.5 Å². The van der Waals surface area contributed by atoms with E-state index in [2.05, 4.69) is 9.64 Å². The highest BCUT2D eigenvalue weighted by molar-refractivity contribution is 5.62. The van der Waals surface area contributed by atoms with Crippen molar-refractivity contribution in [3.8, 4) is 5.75 Å². The highest BCUT2D eigenvalue weighted by Gasteiger charge is 2.15. The second kappa shape index (κ2) is 7.71. The Morgan fingerprint density at radius 1 is 1.41 bits per heavy atom. The van der Waals surface area contributed by atoms with Gasteiger partial charge in [0, 0.05) is 30.8 Å². The molecule has 1 aromatic rings. The molecule has 1 aliphatic heterocycles. The van der Waals surface area contributed by atoms with Crippen molar-refractivity contribution < 1.29 is 24.3 Å². The summed E-state index contributed by atoms with van der Waals surface area (Å²) in [6.45, 7) is 3.99. The van der Waals surface area contributed by atoms with Crippen LogP contribution in [0.3, 0.4) is 0 Å². The van der Waals surface area contributed by atoms with Crippen LogP contribution in [-0.2, 0) is 11.2 Å². The van der Waals surface area contributed by atoms with Crippen molar-refractivity contribution in [2.24, 2.45) is 0 Å². The molecule has 0 radical (unpaired) electrons. The summed E-state index contributed by atoms with van der Waals surface area (Å²) >= 11 is 0. The SMILES string of the molecule is O=C(O)Oc1ccc([N+](=O)[O-])cc1CCCN1CCOCC1. The number of benzene rings is 1. The van der Waals surface area contributed by atoms with E-state index in [4.69, 9.17) is 9.84 Å². The van der Waals surface area contributed by atoms with Crippen LogP contribution in [-0.4, -0.2) is 53.9 Å². The fourth-order valence-electron chi connectivity index (χ4n) is 2.39. The number of aryl methyl sites for hydroxylation is 1. The van der Waals surface area contributed by atoms with Gasteiger partial charge in [0.05, 0.1) is 18.1 Å². The number of nitrogens with zero attached hydrogens (tertiary/aromatic N) is 2. The maximum absolute atomic E-state index is 10.8. The number of nitro benzene ring substituents is 1. The number of hydrogen-bond donors (Lipinski definition) is 1. The maximum atomic E-state index is 10.8. The molecule has 0 aliphatic carbocycles. The normalized spacial score (nSPS) is 15.5. The quantitative estimate of drug-likeness (QED) is 0.370. The van der Waals surface area contributed by atoms with Crippen LogP contribution in [0, 0.1) is 10.1 Å². The Bertz CT molecular complexity index is 542. The zero-order chi connectivity index (χ0) is 15.9. The second-order valence-electron chi connectivity index (χ2n) is 4.97. The number of ether oxygens (including phenoxy) is 2. The maximum Gasteiger partial charge on any atom is 0.511 e. The molecule has 0 atom stereocenters. The van der Waals surface area contributed by atoms with Gasteiger partial charge in [-0.1, -0.05) is 0 Å². The number of rotatable bonds is 6. The van der Waals surface area contributed by atoms with Gasteiger partial charge in [0.2, 0.25) is 0 Å². The molecule has 0 aromatic heterocycles. The van der Waals surface area contributed by atoms with Crippen LogP contribution in [0.5, 0.6) is 5.75 Å². The van der Waals surface area contributed by atoms with Gasteiger partial charge >= 0.3 is 6.16 Å². The van der Waals surface area contributed by atoms with Gasteiger partial charge in [0.1, 0.15) is 5.75 Å². The highest BCUT2D eigenvalue weighted by Crippen LogP contribution is 2.25. The van der Waals surface area contributed by atoms with Crippen molar-refractivity contribution in [2.75, 3.05) is 32.8 Å². The first kappa shape index (κ1) is 16.2. The van der Waals surface area contributed by atoms with Gasteiger partial charge in [-0.15, -0.1) is 0 Å². The Morgan fingerprint density at radius 3 is 2.77 bits per heavy atom. The number of morpholine rings is 1. The van der Waals surface area contributed by atoms with Gasteiger partial charge in [-0.05, 0) is 25.5 Å². The van der Waals surface area contributed by atoms with E-state index in [9.17, 15) is 14.9 Å². The molecule has 1 aliphatic rings. The van der Waals surface area contributed by atoms with Crippen molar-refractivity contribution >= 4 is 11.8 Å². The summed E-state index contributed by atoms with van der Waals surface area (Å²) in [7, 11) is 0. The lowest BCUT2D eigenvalue weighted by molar-refractivity contribution is -0.384. The molecule has 1 fully saturated rings. The smallest absolute Gasteiger partial charge is 0.449 e. The van der Waals surface area contributed by atoms with Gasteiger partial charge < -0.3 is 14.6 Å². The molecule has 1 N–H and O–H groups in total. The fraction of sp³-hybridized carbons (Fsp3) is 0.500. The predicted molar refractivity (Wildman–Crippen MR) is 77.3 cm³/mol. The first-order chi connectivity index (χ1) is 10.6. The Morgan fingerprint density at radius 2 is 2.14 bits per heavy atom. The van der Waals surface area contributed by atoms with Gasteiger partial charge in [-0.25, -0.2) is 4.79 Å². The summed E-state index contributed by atoms with van der Waals surface area (Å²) in [6.07, 6.45) is -0.151. The molecule has 8 heteroatoms. The minimum absolute atomic E-state index is 0.0703. The Hall–Kier alpha value is -2.19. The highest BCUT2D eigenvalue weighted by atomic mass is 16.7. The Kier molecular flexibility index (Phi) is 5.68. The van der Waals surface area contributed by atoms with Crippen LogP contribution in [0.1, 0.15) is 12.0 Å². The van der Waals surface area contributed by atoms with E-state index in [1.807, 2.05) is 0 Å². The first-order valence-corrected chi connectivity index (χ1v) is 7.04. The lowest BCUT2D eigenvalue weighted by atomic mass is 10.1. The lowest BCUT2D eigenvalue weighted by Gasteiger charge is -2.26. The van der Waals surface area contributed by atoms with Crippen molar-refractivity contribution in [1.29, 1.82) is 0 Å². The molecule has 0 unspecified atom stereocenters. The number of carboxylic acid groups (broad SMARTS) is 1. The van der Waals surface area contributed by atoms with Gasteiger partial charge in [-0.2, -0.15) is 0 Å². The van der Waals surface area contributed by atoms with Crippen LogP contribution in [0.2, 0.25) is 0 Å². The number of non-ortho nitro benzene ring substituents is 1. The molecule has 0 spiro atoms. The topological polar surface area (TPSA) is 102 Å². The van der Waals surface area contributed by atoms with Crippen LogP contribution < -0.4 is 4.74 Å². The van der Waals surface area contributed by atoms with Crippen molar-refractivity contribution in [3.63, 3.8) is 0 Å². The summed E-state index contributed by atoms with van der Waals surface area (Å²) in [4.78, 5) is 23.3. The minimum Gasteiger partial charge on any atom is -0.449 e. The van der Waals surface area contributed by atoms with Crippen LogP contribution >= 0.6 is 0 Å². The van der Waals surface area contributed by atoms with Crippen LogP contribution in [0.25, 0.3) is 0 Å². The van der Waals surface area contributed by atoms with Crippen molar-refractivity contribution in [3.05, 3.63) is 33.9 Å². The molecular weight excluding hydrogens is 292 g/mol. The fourth-order valence-corrected chi connectivity index (χ4v) is 2.39. The average Bonchev–Trinajstić information content (AvgIpc) is 2.49. The van der Waals surface area contributed by atoms with E-state index in [1.165, 1.54) is 18.2 Å². The number of nitro groups is 1. The molecule has 1 heterocycles. The third-order valence-electron chi connectivity index (χ3n) is 3.48. The summed E-state index contributed by atoms with van der Waals surface area (Å²) in [5.41, 5.74) is 0.462. The largest absolute Gasteiger partial charge is 0.511 e. The predicted octanol–water partition coefficient (Wildman–Crippen LogP) is 1.92. The zero-order valence-corrected chi connectivity index (χ0v) is 12.1. The van der Waals surface area contributed by atoms with Gasteiger partial charge in [0.25, 0.3) is 5.69 Å². The molecular formula is C14H18N2O6. The van der Waals surface area contributed by atoms with E-state index in [1.54, 1.807) is 0 Å². The minimum atomic E-state index is -1.43. The Labute approximate surface area is 127 Å². The van der Waals surface area contributed by atoms with Gasteiger partial charge in [0.15, 0.2) is 0 Å². The van der Waals surface area contributed by atoms with Crippen molar-refractivity contribution in [1.82, 2.24) is 4.90 Å². The zero-order valence-electron chi connectivity index (χ0n) is 12.1.